The highest BCUT2D eigenvalue weighted by Crippen LogP contribution is 2.34. The number of carbonyl (C=O) groups is 1. The maximum atomic E-state index is 13.9. The molecule has 21 heavy (non-hydrogen) atoms. The molecule has 0 aromatic heterocycles. The summed E-state index contributed by atoms with van der Waals surface area (Å²) >= 11 is 0. The molecule has 0 unspecified atom stereocenters. The molecule has 0 aliphatic heterocycles. The van der Waals surface area contributed by atoms with Crippen molar-refractivity contribution in [3.05, 3.63) is 29.6 Å². The number of carbonyl (C=O) groups excluding carboxylic acids is 1. The molecular formula is C16H23FN2O2. The Morgan fingerprint density at radius 3 is 2.76 bits per heavy atom. The zero-order valence-electron chi connectivity index (χ0n) is 12.7. The molecular weight excluding hydrogens is 271 g/mol. The quantitative estimate of drug-likeness (QED) is 0.813. The van der Waals surface area contributed by atoms with E-state index in [0.717, 1.165) is 25.7 Å². The highest BCUT2D eigenvalue weighted by atomic mass is 19.1. The fourth-order valence-corrected chi connectivity index (χ4v) is 2.50. The normalized spacial score (nSPS) is 16.1. The molecule has 1 aromatic rings. The van der Waals surface area contributed by atoms with Gasteiger partial charge in [-0.05, 0) is 37.8 Å². The summed E-state index contributed by atoms with van der Waals surface area (Å²) in [5.41, 5.74) is 0.381. The molecule has 1 saturated carbocycles. The molecule has 1 aliphatic rings. The molecule has 1 aliphatic carbocycles. The van der Waals surface area contributed by atoms with Crippen molar-refractivity contribution in [2.75, 3.05) is 25.5 Å². The van der Waals surface area contributed by atoms with Gasteiger partial charge in [-0.1, -0.05) is 13.0 Å². The first-order chi connectivity index (χ1) is 10.1. The maximum Gasteiger partial charge on any atom is 0.253 e. The van der Waals surface area contributed by atoms with Gasteiger partial charge in [0.15, 0.2) is 0 Å². The van der Waals surface area contributed by atoms with Gasteiger partial charge in [-0.15, -0.1) is 0 Å². The van der Waals surface area contributed by atoms with E-state index in [1.807, 2.05) is 6.92 Å². The van der Waals surface area contributed by atoms with E-state index in [2.05, 4.69) is 10.6 Å². The van der Waals surface area contributed by atoms with Crippen molar-refractivity contribution in [3.8, 4) is 0 Å². The Labute approximate surface area is 125 Å². The third-order valence-corrected chi connectivity index (χ3v) is 4.08. The predicted molar refractivity (Wildman–Crippen MR) is 81.1 cm³/mol. The van der Waals surface area contributed by atoms with Crippen molar-refractivity contribution < 1.29 is 13.9 Å². The number of hydrogen-bond acceptors (Lipinski definition) is 3. The van der Waals surface area contributed by atoms with Crippen LogP contribution < -0.4 is 10.6 Å². The largest absolute Gasteiger partial charge is 0.382 e. The zero-order valence-corrected chi connectivity index (χ0v) is 12.7. The summed E-state index contributed by atoms with van der Waals surface area (Å²) in [6, 6.07) is 4.55. The van der Waals surface area contributed by atoms with Gasteiger partial charge in [-0.25, -0.2) is 4.39 Å². The predicted octanol–water partition coefficient (Wildman–Crippen LogP) is 2.95. The van der Waals surface area contributed by atoms with Crippen LogP contribution in [0.25, 0.3) is 0 Å². The molecule has 0 bridgehead atoms. The van der Waals surface area contributed by atoms with Crippen LogP contribution in [0.1, 0.15) is 43.0 Å². The van der Waals surface area contributed by atoms with Crippen LogP contribution in [0.2, 0.25) is 0 Å². The average Bonchev–Trinajstić information content (AvgIpc) is 2.45. The number of methoxy groups -OCH3 is 1. The fourth-order valence-electron chi connectivity index (χ4n) is 2.50. The summed E-state index contributed by atoms with van der Waals surface area (Å²) < 4.78 is 19.4. The van der Waals surface area contributed by atoms with Crippen LogP contribution >= 0.6 is 0 Å². The number of rotatable bonds is 7. The number of amides is 1. The molecule has 0 spiro atoms. The Kier molecular flexibility index (Phi) is 5.17. The molecule has 116 valence electrons. The van der Waals surface area contributed by atoms with E-state index >= 15 is 0 Å². The molecule has 0 radical (unpaired) electrons. The highest BCUT2D eigenvalue weighted by molar-refractivity contribution is 5.99. The molecule has 2 N–H and O–H groups in total. The number of halogens is 1. The van der Waals surface area contributed by atoms with Crippen LogP contribution in [0.4, 0.5) is 10.1 Å². The van der Waals surface area contributed by atoms with Gasteiger partial charge in [-0.2, -0.15) is 0 Å². The van der Waals surface area contributed by atoms with Gasteiger partial charge >= 0.3 is 0 Å². The van der Waals surface area contributed by atoms with Gasteiger partial charge in [-0.3, -0.25) is 4.79 Å². The van der Waals surface area contributed by atoms with Crippen LogP contribution in [0.5, 0.6) is 0 Å². The summed E-state index contributed by atoms with van der Waals surface area (Å²) in [6.45, 7) is 3.09. The molecule has 5 heteroatoms. The Hall–Kier alpha value is -1.62. The van der Waals surface area contributed by atoms with E-state index in [1.54, 1.807) is 19.2 Å². The monoisotopic (exact) mass is 294 g/mol. The van der Waals surface area contributed by atoms with Crippen molar-refractivity contribution in [1.82, 2.24) is 5.32 Å². The molecule has 0 saturated heterocycles. The number of nitrogens with one attached hydrogen (secondary N) is 2. The molecule has 1 aromatic carbocycles. The SMILES string of the molecule is CCCNc1c(F)cccc1C(=O)NCC1(OC)CCC1. The minimum absolute atomic E-state index is 0.236. The van der Waals surface area contributed by atoms with E-state index in [0.29, 0.717) is 18.7 Å². The number of benzene rings is 1. The first kappa shape index (κ1) is 15.8. The van der Waals surface area contributed by atoms with Crippen molar-refractivity contribution in [2.45, 2.75) is 38.2 Å². The Morgan fingerprint density at radius 2 is 2.19 bits per heavy atom. The van der Waals surface area contributed by atoms with Crippen molar-refractivity contribution in [2.24, 2.45) is 0 Å². The zero-order chi connectivity index (χ0) is 15.3. The molecule has 4 nitrogen and oxygen atoms in total. The lowest BCUT2D eigenvalue weighted by molar-refractivity contribution is -0.0679. The van der Waals surface area contributed by atoms with E-state index in [9.17, 15) is 9.18 Å². The minimum Gasteiger partial charge on any atom is -0.382 e. The molecule has 1 fully saturated rings. The van der Waals surface area contributed by atoms with Gasteiger partial charge in [0.1, 0.15) is 5.82 Å². The Bertz CT molecular complexity index is 496. The molecule has 1 amide bonds. The summed E-state index contributed by atoms with van der Waals surface area (Å²) in [5.74, 6) is -0.669. The second-order valence-electron chi connectivity index (χ2n) is 5.51. The molecule has 0 heterocycles. The highest BCUT2D eigenvalue weighted by Gasteiger charge is 2.37. The lowest BCUT2D eigenvalue weighted by Crippen LogP contribution is -2.49. The third kappa shape index (κ3) is 3.53. The van der Waals surface area contributed by atoms with Crippen LogP contribution in [0.15, 0.2) is 18.2 Å². The van der Waals surface area contributed by atoms with Crippen molar-refractivity contribution >= 4 is 11.6 Å². The minimum atomic E-state index is -0.402. The van der Waals surface area contributed by atoms with Crippen LogP contribution in [-0.4, -0.2) is 31.7 Å². The second kappa shape index (κ2) is 6.89. The summed E-state index contributed by atoms with van der Waals surface area (Å²) in [6.07, 6.45) is 3.89. The van der Waals surface area contributed by atoms with Gasteiger partial charge in [0.25, 0.3) is 5.91 Å². The maximum absolute atomic E-state index is 13.9. The standard InChI is InChI=1S/C16H23FN2O2/c1-3-10-18-14-12(6-4-7-13(14)17)15(20)19-11-16(21-2)8-5-9-16/h4,6-7,18H,3,5,8-11H2,1-2H3,(H,19,20). The number of ether oxygens (including phenoxy) is 1. The van der Waals surface area contributed by atoms with Crippen molar-refractivity contribution in [3.63, 3.8) is 0 Å². The number of hydrogen-bond donors (Lipinski definition) is 2. The summed E-state index contributed by atoms with van der Waals surface area (Å²) in [4.78, 5) is 12.3. The number of para-hydroxylation sites is 1. The summed E-state index contributed by atoms with van der Waals surface area (Å²) in [7, 11) is 1.67. The number of anilines is 1. The Balaban J connectivity index is 2.06. The lowest BCUT2D eigenvalue weighted by Gasteiger charge is -2.40. The lowest BCUT2D eigenvalue weighted by atomic mass is 9.80. The first-order valence-corrected chi connectivity index (χ1v) is 7.47. The Morgan fingerprint density at radius 1 is 1.43 bits per heavy atom. The van der Waals surface area contributed by atoms with Crippen LogP contribution in [0, 0.1) is 5.82 Å². The van der Waals surface area contributed by atoms with Gasteiger partial charge in [0.05, 0.1) is 16.9 Å². The fraction of sp³-hybridized carbons (Fsp3) is 0.562. The molecule has 2 rings (SSSR count). The van der Waals surface area contributed by atoms with E-state index in [4.69, 9.17) is 4.74 Å². The van der Waals surface area contributed by atoms with Gasteiger partial charge in [0.2, 0.25) is 0 Å². The smallest absolute Gasteiger partial charge is 0.253 e. The van der Waals surface area contributed by atoms with Crippen LogP contribution in [0.3, 0.4) is 0 Å². The van der Waals surface area contributed by atoms with Crippen molar-refractivity contribution in [1.29, 1.82) is 0 Å². The second-order valence-corrected chi connectivity index (χ2v) is 5.51. The van der Waals surface area contributed by atoms with Gasteiger partial charge < -0.3 is 15.4 Å². The van der Waals surface area contributed by atoms with E-state index < -0.39 is 5.82 Å². The van der Waals surface area contributed by atoms with E-state index in [-0.39, 0.29) is 17.2 Å². The summed E-state index contributed by atoms with van der Waals surface area (Å²) in [5, 5.41) is 5.85. The first-order valence-electron chi connectivity index (χ1n) is 7.47. The third-order valence-electron chi connectivity index (χ3n) is 4.08. The van der Waals surface area contributed by atoms with Gasteiger partial charge in [0, 0.05) is 20.2 Å². The van der Waals surface area contributed by atoms with E-state index in [1.165, 1.54) is 6.07 Å². The average molecular weight is 294 g/mol. The molecule has 0 atom stereocenters. The topological polar surface area (TPSA) is 50.4 Å². The van der Waals surface area contributed by atoms with Crippen LogP contribution in [-0.2, 0) is 4.74 Å².